The highest BCUT2D eigenvalue weighted by Crippen LogP contribution is 2.14. The highest BCUT2D eigenvalue weighted by molar-refractivity contribution is 7.80. The number of hydrogen-bond donors (Lipinski definition) is 2. The van der Waals surface area contributed by atoms with Gasteiger partial charge in [0.05, 0.1) is 6.54 Å². The van der Waals surface area contributed by atoms with E-state index in [1.54, 1.807) is 24.3 Å². The van der Waals surface area contributed by atoms with Crippen LogP contribution in [-0.2, 0) is 0 Å². The van der Waals surface area contributed by atoms with E-state index in [1.165, 1.54) is 24.3 Å². The molecule has 0 saturated heterocycles. The van der Waals surface area contributed by atoms with Gasteiger partial charge < -0.3 is 10.6 Å². The third kappa shape index (κ3) is 3.81. The Morgan fingerprint density at radius 3 is 2.13 bits per heavy atom. The van der Waals surface area contributed by atoms with Gasteiger partial charge >= 0.3 is 0 Å². The first kappa shape index (κ1) is 15.4. The van der Waals surface area contributed by atoms with Crippen LogP contribution in [0.2, 0.25) is 0 Å². The Kier molecular flexibility index (Phi) is 4.47. The van der Waals surface area contributed by atoms with Gasteiger partial charge in [0.25, 0.3) is 0 Å². The van der Waals surface area contributed by atoms with E-state index in [-0.39, 0.29) is 11.6 Å². The van der Waals surface area contributed by atoms with Crippen molar-refractivity contribution in [2.24, 2.45) is 4.99 Å². The van der Waals surface area contributed by atoms with E-state index in [1.807, 2.05) is 4.90 Å². The molecule has 0 radical (unpaired) electrons. The van der Waals surface area contributed by atoms with Crippen molar-refractivity contribution in [3.8, 4) is 0 Å². The molecule has 0 fully saturated rings. The van der Waals surface area contributed by atoms with Gasteiger partial charge in [0, 0.05) is 17.9 Å². The summed E-state index contributed by atoms with van der Waals surface area (Å²) in [6, 6.07) is 12.0. The van der Waals surface area contributed by atoms with E-state index >= 15 is 0 Å². The maximum Gasteiger partial charge on any atom is 0.204 e. The van der Waals surface area contributed by atoms with Crippen molar-refractivity contribution in [1.82, 2.24) is 4.90 Å². The largest absolute Gasteiger partial charge is 0.332 e. The quantitative estimate of drug-likeness (QED) is 0.827. The number of benzene rings is 2. The topological polar surface area (TPSA) is 39.7 Å². The number of rotatable bonds is 2. The van der Waals surface area contributed by atoms with Crippen LogP contribution < -0.4 is 10.6 Å². The molecular formula is C16H14F2N4S. The maximum atomic E-state index is 12.9. The monoisotopic (exact) mass is 332 g/mol. The van der Waals surface area contributed by atoms with Gasteiger partial charge in [-0.15, -0.1) is 0 Å². The summed E-state index contributed by atoms with van der Waals surface area (Å²) in [7, 11) is 0. The fraction of sp³-hybridized carbons (Fsp3) is 0.125. The Hall–Kier alpha value is -2.54. The molecule has 7 heteroatoms. The maximum absolute atomic E-state index is 12.9. The predicted molar refractivity (Wildman–Crippen MR) is 91.7 cm³/mol. The molecule has 0 unspecified atom stereocenters. The Balaban J connectivity index is 1.66. The highest BCUT2D eigenvalue weighted by Gasteiger charge is 2.21. The molecule has 2 aromatic carbocycles. The summed E-state index contributed by atoms with van der Waals surface area (Å²) < 4.78 is 25.9. The normalized spacial score (nSPS) is 13.7. The van der Waals surface area contributed by atoms with Gasteiger partial charge in [-0.2, -0.15) is 0 Å². The van der Waals surface area contributed by atoms with Gasteiger partial charge in [0.15, 0.2) is 5.11 Å². The molecule has 0 saturated carbocycles. The summed E-state index contributed by atoms with van der Waals surface area (Å²) in [5.41, 5.74) is 1.42. The Labute approximate surface area is 137 Å². The van der Waals surface area contributed by atoms with Crippen molar-refractivity contribution in [3.63, 3.8) is 0 Å². The van der Waals surface area contributed by atoms with Crippen molar-refractivity contribution >= 4 is 34.7 Å². The van der Waals surface area contributed by atoms with Crippen LogP contribution in [-0.4, -0.2) is 29.1 Å². The van der Waals surface area contributed by atoms with Crippen molar-refractivity contribution in [2.75, 3.05) is 23.7 Å². The van der Waals surface area contributed by atoms with Crippen LogP contribution in [0.3, 0.4) is 0 Å². The van der Waals surface area contributed by atoms with Gasteiger partial charge in [-0.25, -0.2) is 8.78 Å². The van der Waals surface area contributed by atoms with Crippen molar-refractivity contribution in [2.45, 2.75) is 0 Å². The van der Waals surface area contributed by atoms with Gasteiger partial charge in [-0.05, 0) is 60.7 Å². The van der Waals surface area contributed by atoms with Gasteiger partial charge in [0.2, 0.25) is 5.96 Å². The molecule has 0 atom stereocenters. The lowest BCUT2D eigenvalue weighted by Crippen LogP contribution is -2.40. The molecule has 3 rings (SSSR count). The molecule has 1 aliphatic heterocycles. The molecule has 0 amide bonds. The van der Waals surface area contributed by atoms with Gasteiger partial charge in [0.1, 0.15) is 11.6 Å². The van der Waals surface area contributed by atoms with E-state index in [0.717, 1.165) is 5.69 Å². The van der Waals surface area contributed by atoms with E-state index < -0.39 is 0 Å². The minimum atomic E-state index is -0.303. The van der Waals surface area contributed by atoms with Crippen LogP contribution in [0, 0.1) is 11.6 Å². The summed E-state index contributed by atoms with van der Waals surface area (Å²) in [6.45, 7) is 1.24. The molecule has 0 spiro atoms. The molecule has 2 aromatic rings. The first-order valence-corrected chi connectivity index (χ1v) is 7.44. The Morgan fingerprint density at radius 2 is 1.52 bits per heavy atom. The van der Waals surface area contributed by atoms with Crippen LogP contribution in [0.5, 0.6) is 0 Å². The average Bonchev–Trinajstić information content (AvgIpc) is 3.00. The zero-order valence-electron chi connectivity index (χ0n) is 12.1. The first-order valence-electron chi connectivity index (χ1n) is 7.03. The summed E-state index contributed by atoms with van der Waals surface area (Å²) in [6.07, 6.45) is 0. The van der Waals surface area contributed by atoms with Crippen LogP contribution in [0.4, 0.5) is 20.2 Å². The fourth-order valence-electron chi connectivity index (χ4n) is 2.14. The minimum absolute atomic E-state index is 0.297. The number of anilines is 2. The number of hydrogen-bond acceptors (Lipinski definition) is 3. The molecule has 4 nitrogen and oxygen atoms in total. The van der Waals surface area contributed by atoms with Crippen molar-refractivity contribution in [1.29, 1.82) is 0 Å². The molecule has 2 N–H and O–H groups in total. The van der Waals surface area contributed by atoms with Gasteiger partial charge in [-0.3, -0.25) is 9.89 Å². The van der Waals surface area contributed by atoms with Crippen LogP contribution in [0.25, 0.3) is 0 Å². The number of thiocarbonyl (C=S) groups is 1. The molecule has 23 heavy (non-hydrogen) atoms. The third-order valence-electron chi connectivity index (χ3n) is 3.28. The molecule has 0 bridgehead atoms. The molecule has 0 aliphatic carbocycles. The Bertz CT molecular complexity index is 729. The lowest BCUT2D eigenvalue weighted by atomic mass is 10.3. The third-order valence-corrected chi connectivity index (χ3v) is 3.60. The second kappa shape index (κ2) is 6.70. The van der Waals surface area contributed by atoms with Crippen LogP contribution in [0.1, 0.15) is 0 Å². The Morgan fingerprint density at radius 1 is 0.957 bits per heavy atom. The van der Waals surface area contributed by atoms with Crippen molar-refractivity contribution < 1.29 is 8.78 Å². The number of aliphatic imine (C=N–C) groups is 1. The van der Waals surface area contributed by atoms with E-state index in [2.05, 4.69) is 15.6 Å². The molecule has 1 heterocycles. The lowest BCUT2D eigenvalue weighted by Gasteiger charge is -2.22. The zero-order chi connectivity index (χ0) is 16.2. The summed E-state index contributed by atoms with van der Waals surface area (Å²) in [5, 5.41) is 6.62. The van der Waals surface area contributed by atoms with Gasteiger partial charge in [-0.1, -0.05) is 0 Å². The zero-order valence-corrected chi connectivity index (χ0v) is 12.9. The van der Waals surface area contributed by atoms with Crippen LogP contribution in [0.15, 0.2) is 53.5 Å². The molecular weight excluding hydrogens is 318 g/mol. The number of guanidine groups is 1. The summed E-state index contributed by atoms with van der Waals surface area (Å²) >= 11 is 5.38. The number of nitrogens with zero attached hydrogens (tertiary/aromatic N) is 2. The smallest absolute Gasteiger partial charge is 0.204 e. The number of nitrogens with one attached hydrogen (secondary N) is 2. The molecule has 118 valence electrons. The second-order valence-electron chi connectivity index (χ2n) is 4.93. The first-order chi connectivity index (χ1) is 11.1. The summed E-state index contributed by atoms with van der Waals surface area (Å²) in [4.78, 5) is 6.17. The lowest BCUT2D eigenvalue weighted by molar-refractivity contribution is 0.627. The molecule has 0 aromatic heterocycles. The minimum Gasteiger partial charge on any atom is -0.332 e. The SMILES string of the molecule is Fc1ccc(NC(=S)N2CCN=C2Nc2ccc(F)cc2)cc1. The molecule has 1 aliphatic rings. The van der Waals surface area contributed by atoms with E-state index in [0.29, 0.717) is 29.8 Å². The average molecular weight is 332 g/mol. The fourth-order valence-corrected chi connectivity index (χ4v) is 2.43. The second-order valence-corrected chi connectivity index (χ2v) is 5.31. The summed E-state index contributed by atoms with van der Waals surface area (Å²) in [5.74, 6) is -0.00615. The number of halogens is 2. The highest BCUT2D eigenvalue weighted by atomic mass is 32.1. The standard InChI is InChI=1S/C16H14F2N4S/c17-11-1-5-13(6-2-11)20-15-19-9-10-22(15)16(23)21-14-7-3-12(18)4-8-14/h1-8H,9-10H2,(H,19,20)(H,21,23). The van der Waals surface area contributed by atoms with E-state index in [4.69, 9.17) is 12.2 Å². The van der Waals surface area contributed by atoms with E-state index in [9.17, 15) is 8.78 Å². The predicted octanol–water partition coefficient (Wildman–Crippen LogP) is 3.45. The van der Waals surface area contributed by atoms with Crippen LogP contribution >= 0.6 is 12.2 Å². The van der Waals surface area contributed by atoms with Crippen molar-refractivity contribution in [3.05, 3.63) is 60.2 Å².